The molecule has 0 amide bonds. The predicted molar refractivity (Wildman–Crippen MR) is 90.6 cm³/mol. The van der Waals surface area contributed by atoms with E-state index in [0.29, 0.717) is 0 Å². The van der Waals surface area contributed by atoms with Gasteiger partial charge in [-0.15, -0.1) is 0 Å². The minimum atomic E-state index is -0.507. The van der Waals surface area contributed by atoms with E-state index < -0.39 is 8.15 Å². The van der Waals surface area contributed by atoms with Crippen LogP contribution in [0.5, 0.6) is 0 Å². The van der Waals surface area contributed by atoms with Crippen molar-refractivity contribution in [2.75, 3.05) is 12.8 Å². The molecule has 0 heterocycles. The van der Waals surface area contributed by atoms with Gasteiger partial charge in [-0.1, -0.05) is 77.6 Å². The van der Waals surface area contributed by atoms with Crippen molar-refractivity contribution in [3.63, 3.8) is 0 Å². The molecule has 0 aromatic carbocycles. The Morgan fingerprint density at radius 3 is 1.60 bits per heavy atom. The second-order valence-corrected chi connectivity index (χ2v) is 7.71. The zero-order valence-electron chi connectivity index (χ0n) is 14.0. The van der Waals surface area contributed by atoms with E-state index in [-0.39, 0.29) is 5.97 Å². The van der Waals surface area contributed by atoms with E-state index in [0.717, 1.165) is 6.16 Å². The van der Waals surface area contributed by atoms with E-state index in [2.05, 4.69) is 13.6 Å². The molecule has 1 atom stereocenters. The van der Waals surface area contributed by atoms with Gasteiger partial charge < -0.3 is 4.52 Å². The van der Waals surface area contributed by atoms with Crippen LogP contribution in [-0.2, 0) is 9.32 Å². The first kappa shape index (κ1) is 19.9. The number of carbonyl (C=O) groups is 1. The molecular formula is C17H35O2P. The molecule has 0 rings (SSSR count). The van der Waals surface area contributed by atoms with E-state index in [4.69, 9.17) is 4.52 Å². The molecule has 0 aliphatic rings. The molecule has 20 heavy (non-hydrogen) atoms. The van der Waals surface area contributed by atoms with Crippen LogP contribution in [0.3, 0.4) is 0 Å². The van der Waals surface area contributed by atoms with Crippen LogP contribution in [0, 0.1) is 0 Å². The Balaban J connectivity index is 3.08. The standard InChI is InChI=1S/C17H35O2P/c1-4-5-6-7-8-9-10-11-12-13-14-15-16-20(3)19-17(2)18/h4-16H2,1-3H3. The molecule has 0 aliphatic heterocycles. The first-order valence-electron chi connectivity index (χ1n) is 8.56. The van der Waals surface area contributed by atoms with Crippen LogP contribution in [-0.4, -0.2) is 18.8 Å². The quantitative estimate of drug-likeness (QED) is 0.279. The van der Waals surface area contributed by atoms with Crippen molar-refractivity contribution < 1.29 is 9.32 Å². The Hall–Kier alpha value is -0.100. The van der Waals surface area contributed by atoms with Gasteiger partial charge in [-0.25, -0.2) is 0 Å². The van der Waals surface area contributed by atoms with Crippen molar-refractivity contribution in [3.8, 4) is 0 Å². The highest BCUT2D eigenvalue weighted by Crippen LogP contribution is 2.33. The molecule has 0 radical (unpaired) electrons. The molecule has 3 heteroatoms. The van der Waals surface area contributed by atoms with Gasteiger partial charge in [0.1, 0.15) is 0 Å². The number of hydrogen-bond acceptors (Lipinski definition) is 2. The minimum absolute atomic E-state index is 0.127. The summed E-state index contributed by atoms with van der Waals surface area (Å²) in [4.78, 5) is 10.8. The van der Waals surface area contributed by atoms with E-state index in [9.17, 15) is 4.79 Å². The lowest BCUT2D eigenvalue weighted by molar-refractivity contribution is -0.131. The Labute approximate surface area is 127 Å². The highest BCUT2D eigenvalue weighted by molar-refractivity contribution is 7.52. The second-order valence-electron chi connectivity index (χ2n) is 5.82. The smallest absolute Gasteiger partial charge is 0.305 e. The van der Waals surface area contributed by atoms with Crippen LogP contribution < -0.4 is 0 Å². The summed E-state index contributed by atoms with van der Waals surface area (Å²) in [7, 11) is -0.507. The molecule has 0 bridgehead atoms. The Morgan fingerprint density at radius 2 is 1.20 bits per heavy atom. The zero-order valence-corrected chi connectivity index (χ0v) is 14.9. The molecule has 0 spiro atoms. The summed E-state index contributed by atoms with van der Waals surface area (Å²) >= 11 is 0. The lowest BCUT2D eigenvalue weighted by atomic mass is 10.1. The third-order valence-electron chi connectivity index (χ3n) is 3.61. The lowest BCUT2D eigenvalue weighted by Gasteiger charge is -2.10. The molecular weight excluding hydrogens is 267 g/mol. The monoisotopic (exact) mass is 302 g/mol. The fraction of sp³-hybridized carbons (Fsp3) is 0.941. The Bertz CT molecular complexity index is 219. The molecule has 0 aromatic heterocycles. The van der Waals surface area contributed by atoms with E-state index in [1.165, 1.54) is 84.0 Å². The highest BCUT2D eigenvalue weighted by Gasteiger charge is 2.04. The summed E-state index contributed by atoms with van der Waals surface area (Å²) in [5.74, 6) is -0.127. The zero-order chi connectivity index (χ0) is 15.1. The summed E-state index contributed by atoms with van der Waals surface area (Å²) in [6.07, 6.45) is 17.6. The Morgan fingerprint density at radius 1 is 0.800 bits per heavy atom. The summed E-state index contributed by atoms with van der Waals surface area (Å²) in [6, 6.07) is 0. The van der Waals surface area contributed by atoms with Crippen LogP contribution in [0.25, 0.3) is 0 Å². The van der Waals surface area contributed by atoms with Gasteiger partial charge in [-0.05, 0) is 13.1 Å². The predicted octanol–water partition coefficient (Wildman–Crippen LogP) is 6.28. The minimum Gasteiger partial charge on any atom is -0.445 e. The molecule has 0 N–H and O–H groups in total. The number of hydrogen-bond donors (Lipinski definition) is 0. The summed E-state index contributed by atoms with van der Waals surface area (Å²) in [6.45, 7) is 5.82. The average Bonchev–Trinajstić information content (AvgIpc) is 2.39. The van der Waals surface area contributed by atoms with Crippen LogP contribution in [0.1, 0.15) is 90.9 Å². The van der Waals surface area contributed by atoms with Gasteiger partial charge in [-0.3, -0.25) is 4.79 Å². The van der Waals surface area contributed by atoms with Gasteiger partial charge in [0.05, 0.1) is 8.15 Å². The van der Waals surface area contributed by atoms with Crippen LogP contribution in [0.2, 0.25) is 0 Å². The first-order chi connectivity index (χ1) is 9.66. The molecule has 0 saturated heterocycles. The van der Waals surface area contributed by atoms with Gasteiger partial charge >= 0.3 is 5.97 Å². The first-order valence-corrected chi connectivity index (χ1v) is 10.5. The fourth-order valence-corrected chi connectivity index (χ4v) is 3.64. The normalized spacial score (nSPS) is 12.3. The summed E-state index contributed by atoms with van der Waals surface area (Å²) in [5, 5.41) is 0. The average molecular weight is 302 g/mol. The van der Waals surface area contributed by atoms with Crippen molar-refractivity contribution in [1.82, 2.24) is 0 Å². The third-order valence-corrected chi connectivity index (χ3v) is 5.13. The van der Waals surface area contributed by atoms with E-state index in [1.807, 2.05) is 0 Å². The van der Waals surface area contributed by atoms with E-state index in [1.54, 1.807) is 0 Å². The van der Waals surface area contributed by atoms with Crippen LogP contribution in [0.4, 0.5) is 0 Å². The molecule has 0 aliphatic carbocycles. The maximum atomic E-state index is 10.8. The van der Waals surface area contributed by atoms with E-state index >= 15 is 0 Å². The van der Waals surface area contributed by atoms with Crippen molar-refractivity contribution in [2.24, 2.45) is 0 Å². The van der Waals surface area contributed by atoms with Crippen LogP contribution in [0.15, 0.2) is 0 Å². The van der Waals surface area contributed by atoms with Crippen molar-refractivity contribution >= 4 is 14.1 Å². The van der Waals surface area contributed by atoms with Gasteiger partial charge in [-0.2, -0.15) is 0 Å². The summed E-state index contributed by atoms with van der Waals surface area (Å²) < 4.78 is 5.18. The van der Waals surface area contributed by atoms with Gasteiger partial charge in [0.15, 0.2) is 0 Å². The van der Waals surface area contributed by atoms with Crippen LogP contribution >= 0.6 is 8.15 Å². The molecule has 2 nitrogen and oxygen atoms in total. The van der Waals surface area contributed by atoms with Crippen molar-refractivity contribution in [2.45, 2.75) is 90.9 Å². The van der Waals surface area contributed by atoms with Gasteiger partial charge in [0.2, 0.25) is 0 Å². The molecule has 0 fully saturated rings. The molecule has 1 unspecified atom stereocenters. The number of carbonyl (C=O) groups excluding carboxylic acids is 1. The van der Waals surface area contributed by atoms with Gasteiger partial charge in [0, 0.05) is 13.1 Å². The van der Waals surface area contributed by atoms with Crippen molar-refractivity contribution in [1.29, 1.82) is 0 Å². The number of rotatable bonds is 14. The lowest BCUT2D eigenvalue weighted by Crippen LogP contribution is -1.95. The topological polar surface area (TPSA) is 26.3 Å². The molecule has 0 aromatic rings. The van der Waals surface area contributed by atoms with Crippen molar-refractivity contribution in [3.05, 3.63) is 0 Å². The summed E-state index contributed by atoms with van der Waals surface area (Å²) in [5.41, 5.74) is 0. The maximum Gasteiger partial charge on any atom is 0.305 e. The number of unbranched alkanes of at least 4 members (excludes halogenated alkanes) is 11. The SMILES string of the molecule is CCCCCCCCCCCCCCP(C)OC(C)=O. The Kier molecular flexibility index (Phi) is 15.2. The maximum absolute atomic E-state index is 10.8. The largest absolute Gasteiger partial charge is 0.445 e. The fourth-order valence-electron chi connectivity index (χ4n) is 2.44. The van der Waals surface area contributed by atoms with Gasteiger partial charge in [0.25, 0.3) is 0 Å². The molecule has 120 valence electrons. The second kappa shape index (κ2) is 15.3. The highest BCUT2D eigenvalue weighted by atomic mass is 31.1. The molecule has 0 saturated carbocycles. The third kappa shape index (κ3) is 16.0.